The molecule has 0 heterocycles. The number of nitriles is 1. The first-order valence-electron chi connectivity index (χ1n) is 10.6. The number of carbonyl (C=O) groups excluding carboxylic acids is 3. The molecule has 2 rings (SSSR count). The first-order valence-corrected chi connectivity index (χ1v) is 10.6. The summed E-state index contributed by atoms with van der Waals surface area (Å²) in [5.74, 6) is -4.08. The fourth-order valence-corrected chi connectivity index (χ4v) is 3.88. The molecule has 0 radical (unpaired) electrons. The standard InChI is InChI=1S/C21H31F3N4O3/c1-6-28(18(30)15(12-7-8-12)27-19(31)21(22,23)24)16(13-9-20(13,4)5)17(29)26-14(10-25)11(2)3/h11-16H,6-9H2,1-5H3,(H,26,29)(H,27,31)/t13-,14+,15-,16-/m0/s1. The fraction of sp³-hybridized carbons (Fsp3) is 0.810. The number of nitrogens with zero attached hydrogens (tertiary/aromatic N) is 2. The molecular weight excluding hydrogens is 413 g/mol. The largest absolute Gasteiger partial charge is 0.471 e. The van der Waals surface area contributed by atoms with E-state index < -0.39 is 42.0 Å². The Labute approximate surface area is 180 Å². The van der Waals surface area contributed by atoms with E-state index in [4.69, 9.17) is 0 Å². The van der Waals surface area contributed by atoms with Crippen LogP contribution in [0.3, 0.4) is 0 Å². The van der Waals surface area contributed by atoms with E-state index in [9.17, 15) is 32.8 Å². The summed E-state index contributed by atoms with van der Waals surface area (Å²) in [6, 6.07) is -0.980. The minimum Gasteiger partial charge on any atom is -0.338 e. The van der Waals surface area contributed by atoms with Crippen LogP contribution in [-0.4, -0.2) is 53.5 Å². The van der Waals surface area contributed by atoms with Crippen molar-refractivity contribution in [1.29, 1.82) is 5.26 Å². The Bertz CT molecular complexity index is 756. The van der Waals surface area contributed by atoms with Crippen LogP contribution in [0.1, 0.15) is 53.9 Å². The van der Waals surface area contributed by atoms with Crippen molar-refractivity contribution in [1.82, 2.24) is 15.5 Å². The highest BCUT2D eigenvalue weighted by molar-refractivity contribution is 5.94. The molecule has 7 nitrogen and oxygen atoms in total. The summed E-state index contributed by atoms with van der Waals surface area (Å²) in [5, 5.41) is 13.9. The normalized spacial score (nSPS) is 22.6. The van der Waals surface area contributed by atoms with E-state index in [1.165, 1.54) is 4.90 Å². The average Bonchev–Trinajstić information content (AvgIpc) is 3.57. The molecule has 4 atom stereocenters. The summed E-state index contributed by atoms with van der Waals surface area (Å²) in [5.41, 5.74) is -0.222. The van der Waals surface area contributed by atoms with Gasteiger partial charge in [-0.3, -0.25) is 14.4 Å². The van der Waals surface area contributed by atoms with Gasteiger partial charge in [0.25, 0.3) is 0 Å². The summed E-state index contributed by atoms with van der Waals surface area (Å²) in [4.78, 5) is 39.2. The van der Waals surface area contributed by atoms with Gasteiger partial charge < -0.3 is 15.5 Å². The summed E-state index contributed by atoms with van der Waals surface area (Å²) >= 11 is 0. The van der Waals surface area contributed by atoms with Crippen LogP contribution in [0.5, 0.6) is 0 Å². The Morgan fingerprint density at radius 1 is 1.19 bits per heavy atom. The maximum absolute atomic E-state index is 13.3. The highest BCUT2D eigenvalue weighted by atomic mass is 19.4. The van der Waals surface area contributed by atoms with Crippen LogP contribution in [0.4, 0.5) is 13.2 Å². The predicted molar refractivity (Wildman–Crippen MR) is 106 cm³/mol. The lowest BCUT2D eigenvalue weighted by atomic mass is 9.98. The Morgan fingerprint density at radius 3 is 2.10 bits per heavy atom. The van der Waals surface area contributed by atoms with Crippen molar-refractivity contribution in [2.45, 2.75) is 78.2 Å². The summed E-state index contributed by atoms with van der Waals surface area (Å²) in [7, 11) is 0. The van der Waals surface area contributed by atoms with E-state index in [2.05, 4.69) is 5.32 Å². The molecule has 0 spiro atoms. The zero-order valence-corrected chi connectivity index (χ0v) is 18.5. The fourth-order valence-electron chi connectivity index (χ4n) is 3.88. The van der Waals surface area contributed by atoms with Crippen LogP contribution in [0.15, 0.2) is 0 Å². The molecule has 31 heavy (non-hydrogen) atoms. The van der Waals surface area contributed by atoms with Gasteiger partial charge in [-0.25, -0.2) is 0 Å². The van der Waals surface area contributed by atoms with Crippen LogP contribution in [0.25, 0.3) is 0 Å². The summed E-state index contributed by atoms with van der Waals surface area (Å²) in [6.07, 6.45) is -3.38. The number of likely N-dealkylation sites (N-methyl/N-ethyl adjacent to an activating group) is 1. The Morgan fingerprint density at radius 2 is 1.74 bits per heavy atom. The van der Waals surface area contributed by atoms with Gasteiger partial charge in [-0.1, -0.05) is 27.7 Å². The van der Waals surface area contributed by atoms with Gasteiger partial charge in [0.15, 0.2) is 0 Å². The van der Waals surface area contributed by atoms with Crippen molar-refractivity contribution in [3.8, 4) is 6.07 Å². The third kappa shape index (κ3) is 5.89. The maximum Gasteiger partial charge on any atom is 0.471 e. The Hall–Kier alpha value is -2.31. The molecule has 2 fully saturated rings. The second-order valence-electron chi connectivity index (χ2n) is 9.51. The van der Waals surface area contributed by atoms with Crippen molar-refractivity contribution >= 4 is 17.7 Å². The molecule has 3 amide bonds. The van der Waals surface area contributed by atoms with E-state index >= 15 is 0 Å². The molecule has 0 bridgehead atoms. The molecule has 0 aliphatic heterocycles. The molecule has 0 unspecified atom stereocenters. The number of hydrogen-bond acceptors (Lipinski definition) is 4. The molecular formula is C21H31F3N4O3. The lowest BCUT2D eigenvalue weighted by Crippen LogP contribution is -2.59. The van der Waals surface area contributed by atoms with E-state index in [0.717, 1.165) is 0 Å². The minimum absolute atomic E-state index is 0.0908. The second-order valence-corrected chi connectivity index (χ2v) is 9.51. The van der Waals surface area contributed by atoms with Crippen molar-refractivity contribution in [2.75, 3.05) is 6.54 Å². The van der Waals surface area contributed by atoms with Crippen molar-refractivity contribution in [3.63, 3.8) is 0 Å². The first-order chi connectivity index (χ1) is 14.2. The SMILES string of the molecule is CCN(C(=O)[C@@H](NC(=O)C(F)(F)F)C1CC1)[C@H](C(=O)N[C@H](C#N)C(C)C)[C@@H]1CC1(C)C. The van der Waals surface area contributed by atoms with Crippen molar-refractivity contribution in [2.24, 2.45) is 23.2 Å². The quantitative estimate of drug-likeness (QED) is 0.570. The average molecular weight is 444 g/mol. The Kier molecular flexibility index (Phi) is 7.28. The molecule has 2 aliphatic rings. The first kappa shape index (κ1) is 25.0. The zero-order valence-electron chi connectivity index (χ0n) is 18.5. The van der Waals surface area contributed by atoms with Crippen LogP contribution in [0.2, 0.25) is 0 Å². The third-order valence-corrected chi connectivity index (χ3v) is 6.21. The van der Waals surface area contributed by atoms with Crippen LogP contribution >= 0.6 is 0 Å². The smallest absolute Gasteiger partial charge is 0.338 e. The van der Waals surface area contributed by atoms with Crippen LogP contribution in [-0.2, 0) is 14.4 Å². The van der Waals surface area contributed by atoms with Crippen molar-refractivity contribution < 1.29 is 27.6 Å². The van der Waals surface area contributed by atoms with E-state index in [0.29, 0.717) is 19.3 Å². The zero-order chi connectivity index (χ0) is 23.7. The number of rotatable bonds is 9. The van der Waals surface area contributed by atoms with Gasteiger partial charge in [-0.2, -0.15) is 18.4 Å². The predicted octanol–water partition coefficient (Wildman–Crippen LogP) is 2.37. The number of nitrogens with one attached hydrogen (secondary N) is 2. The monoisotopic (exact) mass is 444 g/mol. The highest BCUT2D eigenvalue weighted by Crippen LogP contribution is 2.55. The van der Waals surface area contributed by atoms with Gasteiger partial charge in [0.1, 0.15) is 18.1 Å². The number of amides is 3. The molecule has 0 aromatic heterocycles. The molecule has 0 aromatic rings. The lowest BCUT2D eigenvalue weighted by Gasteiger charge is -2.35. The molecule has 0 saturated heterocycles. The van der Waals surface area contributed by atoms with Gasteiger partial charge >= 0.3 is 12.1 Å². The summed E-state index contributed by atoms with van der Waals surface area (Å²) in [6.45, 7) is 9.20. The van der Waals surface area contributed by atoms with E-state index in [1.807, 2.05) is 25.2 Å². The molecule has 2 aliphatic carbocycles. The topological polar surface area (TPSA) is 102 Å². The third-order valence-electron chi connectivity index (χ3n) is 6.21. The highest BCUT2D eigenvalue weighted by Gasteiger charge is 2.56. The van der Waals surface area contributed by atoms with Gasteiger partial charge in [-0.05, 0) is 49.4 Å². The van der Waals surface area contributed by atoms with Gasteiger partial charge in [0.2, 0.25) is 11.8 Å². The van der Waals surface area contributed by atoms with Gasteiger partial charge in [0.05, 0.1) is 6.07 Å². The summed E-state index contributed by atoms with van der Waals surface area (Å²) < 4.78 is 38.4. The van der Waals surface area contributed by atoms with Gasteiger partial charge in [0, 0.05) is 6.54 Å². The second kappa shape index (κ2) is 9.05. The maximum atomic E-state index is 13.3. The number of halogens is 3. The number of carbonyl (C=O) groups is 3. The van der Waals surface area contributed by atoms with Crippen molar-refractivity contribution in [3.05, 3.63) is 0 Å². The molecule has 174 valence electrons. The van der Waals surface area contributed by atoms with E-state index in [1.54, 1.807) is 20.8 Å². The molecule has 2 saturated carbocycles. The minimum atomic E-state index is -5.10. The lowest BCUT2D eigenvalue weighted by molar-refractivity contribution is -0.175. The Balaban J connectivity index is 2.29. The molecule has 2 N–H and O–H groups in total. The number of hydrogen-bond donors (Lipinski definition) is 2. The van der Waals surface area contributed by atoms with Gasteiger partial charge in [-0.15, -0.1) is 0 Å². The van der Waals surface area contributed by atoms with E-state index in [-0.39, 0.29) is 29.7 Å². The number of alkyl halides is 3. The van der Waals surface area contributed by atoms with Crippen LogP contribution in [0, 0.1) is 34.5 Å². The molecule has 0 aromatic carbocycles. The molecule has 10 heteroatoms. The van der Waals surface area contributed by atoms with Crippen LogP contribution < -0.4 is 10.6 Å².